The van der Waals surface area contributed by atoms with Crippen molar-refractivity contribution < 1.29 is 18.0 Å². The van der Waals surface area contributed by atoms with E-state index >= 15 is 0 Å². The highest BCUT2D eigenvalue weighted by Gasteiger charge is 2.31. The first-order valence-electron chi connectivity index (χ1n) is 15.3. The molecule has 4 aromatic rings. The number of halogens is 1. The van der Waals surface area contributed by atoms with E-state index in [1.807, 2.05) is 72.8 Å². The number of sulfonamides is 1. The minimum Gasteiger partial charge on any atom is -0.350 e. The van der Waals surface area contributed by atoms with Gasteiger partial charge in [-0.3, -0.25) is 9.59 Å². The van der Waals surface area contributed by atoms with Crippen molar-refractivity contribution in [3.63, 3.8) is 0 Å². The van der Waals surface area contributed by atoms with Crippen LogP contribution in [-0.4, -0.2) is 48.6 Å². The van der Waals surface area contributed by atoms with E-state index in [4.69, 9.17) is 11.6 Å². The first kappa shape index (κ1) is 32.4. The Morgan fingerprint density at radius 1 is 0.756 bits per heavy atom. The molecule has 0 bridgehead atoms. The van der Waals surface area contributed by atoms with Crippen LogP contribution in [0.25, 0.3) is 0 Å². The molecule has 0 spiro atoms. The van der Waals surface area contributed by atoms with Crippen molar-refractivity contribution in [2.75, 3.05) is 13.1 Å². The number of hydrogen-bond acceptors (Lipinski definition) is 4. The zero-order valence-electron chi connectivity index (χ0n) is 25.1. The molecular weight excluding hydrogens is 606 g/mol. The zero-order valence-corrected chi connectivity index (χ0v) is 26.7. The quantitative estimate of drug-likeness (QED) is 0.193. The fraction of sp³-hybridized carbons (Fsp3) is 0.278. The Morgan fingerprint density at radius 3 is 1.96 bits per heavy atom. The number of rotatable bonds is 13. The predicted octanol–water partition coefficient (Wildman–Crippen LogP) is 6.01. The van der Waals surface area contributed by atoms with Crippen LogP contribution in [0.4, 0.5) is 0 Å². The monoisotopic (exact) mass is 643 g/mol. The molecule has 2 amide bonds. The van der Waals surface area contributed by atoms with Gasteiger partial charge in [-0.05, 0) is 65.8 Å². The SMILES string of the molecule is O=C(NCc1ccccc1)C(Cc1ccccc1)N(Cc1ccc(Cl)cc1)C(=O)CCc1ccc(S(=O)(=O)N2CCCC2)cc1. The number of nitrogens with zero attached hydrogens (tertiary/aromatic N) is 2. The number of nitrogens with one attached hydrogen (secondary N) is 1. The molecule has 4 aromatic carbocycles. The Hall–Kier alpha value is -3.98. The maximum atomic E-state index is 14.0. The Bertz CT molecular complexity index is 1660. The van der Waals surface area contributed by atoms with Crippen LogP contribution in [0.2, 0.25) is 5.02 Å². The third-order valence-electron chi connectivity index (χ3n) is 8.10. The van der Waals surface area contributed by atoms with E-state index in [0.717, 1.165) is 35.1 Å². The van der Waals surface area contributed by atoms with Gasteiger partial charge in [0, 0.05) is 44.0 Å². The van der Waals surface area contributed by atoms with E-state index in [1.54, 1.807) is 41.3 Å². The molecule has 7 nitrogen and oxygen atoms in total. The van der Waals surface area contributed by atoms with Crippen LogP contribution in [-0.2, 0) is 45.5 Å². The Balaban J connectivity index is 1.36. The number of amides is 2. The van der Waals surface area contributed by atoms with Gasteiger partial charge in [0.15, 0.2) is 0 Å². The van der Waals surface area contributed by atoms with E-state index in [9.17, 15) is 18.0 Å². The standard InChI is InChI=1S/C36H38ClN3O4S/c37-32-18-13-31(14-19-32)27-40(34(25-29-9-3-1-4-10-29)36(42)38-26-30-11-5-2-6-12-30)35(41)22-17-28-15-20-33(21-16-28)45(43,44)39-23-7-8-24-39/h1-6,9-16,18-21,34H,7-8,17,22-27H2,(H,38,42). The van der Waals surface area contributed by atoms with Gasteiger partial charge >= 0.3 is 0 Å². The number of carbonyl (C=O) groups excluding carboxylic acids is 2. The number of hydrogen-bond donors (Lipinski definition) is 1. The molecular formula is C36H38ClN3O4S. The number of aryl methyl sites for hydroxylation is 1. The molecule has 0 radical (unpaired) electrons. The van der Waals surface area contributed by atoms with Gasteiger partial charge in [-0.2, -0.15) is 4.31 Å². The van der Waals surface area contributed by atoms with Gasteiger partial charge in [-0.15, -0.1) is 0 Å². The highest BCUT2D eigenvalue weighted by atomic mass is 35.5. The molecule has 0 aliphatic carbocycles. The topological polar surface area (TPSA) is 86.8 Å². The van der Waals surface area contributed by atoms with Crippen LogP contribution in [0.3, 0.4) is 0 Å². The summed E-state index contributed by atoms with van der Waals surface area (Å²) in [6.45, 7) is 1.68. The summed E-state index contributed by atoms with van der Waals surface area (Å²) in [5.41, 5.74) is 3.62. The predicted molar refractivity (Wildman–Crippen MR) is 177 cm³/mol. The summed E-state index contributed by atoms with van der Waals surface area (Å²) < 4.78 is 27.4. The summed E-state index contributed by atoms with van der Waals surface area (Å²) >= 11 is 6.14. The molecule has 1 N–H and O–H groups in total. The van der Waals surface area contributed by atoms with Crippen molar-refractivity contribution in [3.05, 3.63) is 136 Å². The van der Waals surface area contributed by atoms with Gasteiger partial charge in [-0.1, -0.05) is 96.5 Å². The summed E-state index contributed by atoms with van der Waals surface area (Å²) in [6.07, 6.45) is 2.67. The lowest BCUT2D eigenvalue weighted by molar-refractivity contribution is -0.141. The maximum absolute atomic E-state index is 14.0. The molecule has 1 saturated heterocycles. The molecule has 0 aromatic heterocycles. The van der Waals surface area contributed by atoms with Gasteiger partial charge in [0.1, 0.15) is 6.04 Å². The van der Waals surface area contributed by atoms with Crippen molar-refractivity contribution in [1.29, 1.82) is 0 Å². The van der Waals surface area contributed by atoms with Crippen LogP contribution in [0.5, 0.6) is 0 Å². The van der Waals surface area contributed by atoms with Gasteiger partial charge in [0.2, 0.25) is 21.8 Å². The molecule has 1 fully saturated rings. The molecule has 0 saturated carbocycles. The first-order chi connectivity index (χ1) is 21.8. The molecule has 1 unspecified atom stereocenters. The first-order valence-corrected chi connectivity index (χ1v) is 17.1. The van der Waals surface area contributed by atoms with E-state index in [1.165, 1.54) is 4.31 Å². The fourth-order valence-corrected chi connectivity index (χ4v) is 7.19. The van der Waals surface area contributed by atoms with Crippen LogP contribution in [0.15, 0.2) is 114 Å². The average Bonchev–Trinajstić information content (AvgIpc) is 3.63. The summed E-state index contributed by atoms with van der Waals surface area (Å²) in [5, 5.41) is 3.64. The molecule has 5 rings (SSSR count). The highest BCUT2D eigenvalue weighted by Crippen LogP contribution is 2.22. The summed E-state index contributed by atoms with van der Waals surface area (Å²) in [6, 6.07) is 32.7. The molecule has 45 heavy (non-hydrogen) atoms. The van der Waals surface area contributed by atoms with Crippen LogP contribution < -0.4 is 5.32 Å². The van der Waals surface area contributed by atoms with Crippen molar-refractivity contribution in [2.24, 2.45) is 0 Å². The van der Waals surface area contributed by atoms with E-state index in [0.29, 0.717) is 37.5 Å². The van der Waals surface area contributed by atoms with E-state index < -0.39 is 16.1 Å². The van der Waals surface area contributed by atoms with Gasteiger partial charge in [0.05, 0.1) is 4.90 Å². The molecule has 9 heteroatoms. The lowest BCUT2D eigenvalue weighted by Gasteiger charge is -2.32. The average molecular weight is 644 g/mol. The molecule has 1 aliphatic heterocycles. The van der Waals surface area contributed by atoms with Gasteiger partial charge in [-0.25, -0.2) is 8.42 Å². The zero-order chi connectivity index (χ0) is 31.6. The van der Waals surface area contributed by atoms with Crippen LogP contribution in [0, 0.1) is 0 Å². The lowest BCUT2D eigenvalue weighted by atomic mass is 10.0. The highest BCUT2D eigenvalue weighted by molar-refractivity contribution is 7.89. The van der Waals surface area contributed by atoms with Crippen molar-refractivity contribution >= 4 is 33.4 Å². The molecule has 1 atom stereocenters. The van der Waals surface area contributed by atoms with Gasteiger partial charge < -0.3 is 10.2 Å². The largest absolute Gasteiger partial charge is 0.350 e. The minimum atomic E-state index is -3.51. The molecule has 234 valence electrons. The van der Waals surface area contributed by atoms with E-state index in [2.05, 4.69) is 5.32 Å². The van der Waals surface area contributed by atoms with Crippen molar-refractivity contribution in [3.8, 4) is 0 Å². The number of benzene rings is 4. The molecule has 1 heterocycles. The summed E-state index contributed by atoms with van der Waals surface area (Å²) in [7, 11) is -3.51. The summed E-state index contributed by atoms with van der Waals surface area (Å²) in [4.78, 5) is 29.8. The normalized spacial score (nSPS) is 14.2. The van der Waals surface area contributed by atoms with Gasteiger partial charge in [0.25, 0.3) is 0 Å². The maximum Gasteiger partial charge on any atom is 0.243 e. The minimum absolute atomic E-state index is 0.156. The smallest absolute Gasteiger partial charge is 0.243 e. The third kappa shape index (κ3) is 8.81. The summed E-state index contributed by atoms with van der Waals surface area (Å²) in [5.74, 6) is -0.406. The Morgan fingerprint density at radius 2 is 1.33 bits per heavy atom. The second kappa shape index (κ2) is 15.3. The van der Waals surface area contributed by atoms with Crippen molar-refractivity contribution in [2.45, 2.75) is 56.1 Å². The lowest BCUT2D eigenvalue weighted by Crippen LogP contribution is -2.50. The number of carbonyl (C=O) groups is 2. The second-order valence-electron chi connectivity index (χ2n) is 11.3. The molecule has 1 aliphatic rings. The van der Waals surface area contributed by atoms with E-state index in [-0.39, 0.29) is 29.7 Å². The van der Waals surface area contributed by atoms with Crippen LogP contribution in [0.1, 0.15) is 41.5 Å². The fourth-order valence-electron chi connectivity index (χ4n) is 5.54. The van der Waals surface area contributed by atoms with Crippen LogP contribution >= 0.6 is 11.6 Å². The third-order valence-corrected chi connectivity index (χ3v) is 10.3. The van der Waals surface area contributed by atoms with Crippen molar-refractivity contribution in [1.82, 2.24) is 14.5 Å². The second-order valence-corrected chi connectivity index (χ2v) is 13.7. The Kier molecular flexibility index (Phi) is 11.1. The Labute approximate surface area is 270 Å².